The van der Waals surface area contributed by atoms with Crippen LogP contribution in [0.25, 0.3) is 0 Å². The van der Waals surface area contributed by atoms with Crippen LogP contribution in [0, 0.1) is 11.3 Å². The van der Waals surface area contributed by atoms with Gasteiger partial charge in [-0.1, -0.05) is 37.6 Å². The maximum atomic E-state index is 13.2. The molecule has 3 N–H and O–H groups in total. The van der Waals surface area contributed by atoms with Crippen molar-refractivity contribution in [2.24, 2.45) is 5.92 Å². The second-order valence-corrected chi connectivity index (χ2v) is 13.2. The van der Waals surface area contributed by atoms with Crippen LogP contribution in [0.3, 0.4) is 0 Å². The van der Waals surface area contributed by atoms with Gasteiger partial charge >= 0.3 is 5.97 Å². The highest BCUT2D eigenvalue weighted by molar-refractivity contribution is 6.32. The third kappa shape index (κ3) is 11.3. The fourth-order valence-corrected chi connectivity index (χ4v) is 5.14. The number of halogens is 1. The lowest BCUT2D eigenvalue weighted by Gasteiger charge is -2.40. The van der Waals surface area contributed by atoms with E-state index in [2.05, 4.69) is 10.6 Å². The van der Waals surface area contributed by atoms with Crippen molar-refractivity contribution in [1.82, 2.24) is 15.5 Å². The average molecular weight is 633 g/mol. The molecule has 2 heterocycles. The molecular formula is C32H45ClN4O7. The molecule has 0 unspecified atom stereocenters. The molecule has 1 aromatic carbocycles. The predicted molar refractivity (Wildman–Crippen MR) is 167 cm³/mol. The van der Waals surface area contributed by atoms with Crippen molar-refractivity contribution < 1.29 is 33.3 Å². The van der Waals surface area contributed by atoms with Gasteiger partial charge in [-0.3, -0.25) is 19.8 Å². The van der Waals surface area contributed by atoms with E-state index in [0.29, 0.717) is 35.9 Å². The van der Waals surface area contributed by atoms with Crippen molar-refractivity contribution in [3.63, 3.8) is 0 Å². The molecule has 2 aliphatic heterocycles. The summed E-state index contributed by atoms with van der Waals surface area (Å²) < 4.78 is 23.2. The minimum Gasteiger partial charge on any atom is -0.460 e. The van der Waals surface area contributed by atoms with E-state index in [9.17, 15) is 14.4 Å². The van der Waals surface area contributed by atoms with Gasteiger partial charge in [0.1, 0.15) is 29.0 Å². The average Bonchev–Trinajstić information content (AvgIpc) is 3.23. The van der Waals surface area contributed by atoms with Gasteiger partial charge < -0.3 is 34.5 Å². The molecule has 1 saturated heterocycles. The Bertz CT molecular complexity index is 1270. The van der Waals surface area contributed by atoms with Gasteiger partial charge in [-0.2, -0.15) is 0 Å². The van der Waals surface area contributed by atoms with Gasteiger partial charge in [0.05, 0.1) is 30.2 Å². The summed E-state index contributed by atoms with van der Waals surface area (Å²) in [5.74, 6) is -1.24. The molecule has 0 spiro atoms. The molecule has 0 radical (unpaired) electrons. The Morgan fingerprint density at radius 3 is 2.55 bits per heavy atom. The van der Waals surface area contributed by atoms with E-state index in [0.717, 1.165) is 0 Å². The highest BCUT2D eigenvalue weighted by Crippen LogP contribution is 2.29. The molecule has 44 heavy (non-hydrogen) atoms. The number of amidine groups is 1. The Hall–Kier alpha value is -3.41. The summed E-state index contributed by atoms with van der Waals surface area (Å²) in [6.07, 6.45) is 4.71. The molecule has 12 heteroatoms. The highest BCUT2D eigenvalue weighted by atomic mass is 35.5. The van der Waals surface area contributed by atoms with Gasteiger partial charge in [-0.05, 0) is 65.2 Å². The smallest absolute Gasteiger partial charge is 0.308 e. The first-order chi connectivity index (χ1) is 20.5. The van der Waals surface area contributed by atoms with Crippen LogP contribution >= 0.6 is 11.6 Å². The van der Waals surface area contributed by atoms with E-state index in [4.69, 9.17) is 36.0 Å². The van der Waals surface area contributed by atoms with Crippen LogP contribution in [0.15, 0.2) is 48.4 Å². The van der Waals surface area contributed by atoms with Crippen LogP contribution < -0.4 is 15.4 Å². The van der Waals surface area contributed by atoms with Crippen molar-refractivity contribution in [1.29, 1.82) is 5.41 Å². The van der Waals surface area contributed by atoms with Crippen LogP contribution in [-0.2, 0) is 28.6 Å². The van der Waals surface area contributed by atoms with Crippen molar-refractivity contribution in [3.8, 4) is 5.75 Å². The van der Waals surface area contributed by atoms with Crippen molar-refractivity contribution in [2.45, 2.75) is 97.4 Å². The Labute approximate surface area is 264 Å². The van der Waals surface area contributed by atoms with Crippen LogP contribution in [0.5, 0.6) is 5.75 Å². The topological polar surface area (TPSA) is 139 Å². The van der Waals surface area contributed by atoms with Gasteiger partial charge in [0, 0.05) is 25.2 Å². The third-order valence-corrected chi connectivity index (χ3v) is 6.87. The quantitative estimate of drug-likeness (QED) is 0.171. The molecule has 3 atom stereocenters. The molecule has 0 aromatic heterocycles. The number of ether oxygens (including phenoxy) is 4. The molecule has 2 amide bonds. The third-order valence-electron chi connectivity index (χ3n) is 6.56. The summed E-state index contributed by atoms with van der Waals surface area (Å²) in [6, 6.07) is 6.15. The maximum absolute atomic E-state index is 13.2. The molecule has 1 aromatic rings. The molecule has 0 saturated carbocycles. The molecule has 11 nitrogen and oxygen atoms in total. The van der Waals surface area contributed by atoms with Crippen LogP contribution in [-0.4, -0.2) is 71.2 Å². The molecule has 0 bridgehead atoms. The molecule has 1 fully saturated rings. The number of esters is 1. The Morgan fingerprint density at radius 1 is 1.20 bits per heavy atom. The number of hydrogen-bond acceptors (Lipinski definition) is 9. The van der Waals surface area contributed by atoms with Crippen molar-refractivity contribution in [3.05, 3.63) is 53.4 Å². The van der Waals surface area contributed by atoms with E-state index >= 15 is 0 Å². The van der Waals surface area contributed by atoms with Gasteiger partial charge in [0.15, 0.2) is 5.79 Å². The number of amides is 2. The first-order valence-corrected chi connectivity index (χ1v) is 15.2. The number of nitrogens with one attached hydrogen (secondary N) is 3. The van der Waals surface area contributed by atoms with Gasteiger partial charge in [0.25, 0.3) is 5.91 Å². The number of carbonyl (C=O) groups is 3. The summed E-state index contributed by atoms with van der Waals surface area (Å²) >= 11 is 6.19. The Morgan fingerprint density at radius 2 is 1.89 bits per heavy atom. The van der Waals surface area contributed by atoms with E-state index < -0.39 is 23.3 Å². The monoisotopic (exact) mass is 632 g/mol. The number of benzene rings is 1. The van der Waals surface area contributed by atoms with Crippen molar-refractivity contribution >= 4 is 35.2 Å². The molecule has 242 valence electrons. The van der Waals surface area contributed by atoms with E-state index in [1.54, 1.807) is 44.3 Å². The lowest BCUT2D eigenvalue weighted by Crippen LogP contribution is -2.50. The summed E-state index contributed by atoms with van der Waals surface area (Å²) in [5, 5.41) is 14.4. The van der Waals surface area contributed by atoms with Crippen LogP contribution in [0.4, 0.5) is 0 Å². The molecule has 2 aliphatic rings. The minimum atomic E-state index is -0.882. The Kier molecular flexibility index (Phi) is 12.0. The standard InChI is InChI=1S/C32H45ClN4O7/c1-20(2)14-25(37-19-23(16-28(37)38)41-26-11-9-8-10-24(26)33)30(40)36-27(34)12-13-35-18-22-15-21(42-32(6,7)43-22)17-29(39)44-31(3,4)5/h8-13,16,20-22,25,35H,14-15,17-19H2,1-7H3,(H2,34,36,40)/b13-12-/t21-,22+,25+/m1/s1. The van der Waals surface area contributed by atoms with Crippen LogP contribution in [0.2, 0.25) is 5.02 Å². The SMILES string of the molecule is CC(C)C[C@@H](C(=O)NC(=N)/C=C\NC[C@@H]1C[C@H](CC(=O)OC(C)(C)C)OC(C)(C)O1)N1CC(Oc2ccccc2Cl)=CC1=O. The largest absolute Gasteiger partial charge is 0.460 e. The zero-order valence-electron chi connectivity index (χ0n) is 26.6. The fraction of sp³-hybridized carbons (Fsp3) is 0.562. The second kappa shape index (κ2) is 15.0. The number of rotatable bonds is 12. The minimum absolute atomic E-state index is 0.107. The summed E-state index contributed by atoms with van der Waals surface area (Å²) in [6.45, 7) is 13.5. The Balaban J connectivity index is 1.52. The highest BCUT2D eigenvalue weighted by Gasteiger charge is 2.37. The number of para-hydroxylation sites is 1. The zero-order valence-corrected chi connectivity index (χ0v) is 27.3. The zero-order chi connectivity index (χ0) is 32.7. The van der Waals surface area contributed by atoms with Gasteiger partial charge in [-0.25, -0.2) is 0 Å². The maximum Gasteiger partial charge on any atom is 0.308 e. The summed E-state index contributed by atoms with van der Waals surface area (Å²) in [5.41, 5.74) is -0.576. The summed E-state index contributed by atoms with van der Waals surface area (Å²) in [7, 11) is 0. The number of hydrogen-bond donors (Lipinski definition) is 3. The number of carbonyl (C=O) groups excluding carboxylic acids is 3. The van der Waals surface area contributed by atoms with Crippen LogP contribution in [0.1, 0.15) is 67.7 Å². The summed E-state index contributed by atoms with van der Waals surface area (Å²) in [4.78, 5) is 39.9. The first kappa shape index (κ1) is 35.1. The fourth-order valence-electron chi connectivity index (χ4n) is 4.97. The lowest BCUT2D eigenvalue weighted by atomic mass is 10.0. The number of nitrogens with zero attached hydrogens (tertiary/aromatic N) is 1. The molecule has 0 aliphatic carbocycles. The van der Waals surface area contributed by atoms with Gasteiger partial charge in [-0.15, -0.1) is 0 Å². The second-order valence-electron chi connectivity index (χ2n) is 12.8. The van der Waals surface area contributed by atoms with E-state index in [-0.39, 0.29) is 48.8 Å². The van der Waals surface area contributed by atoms with Gasteiger partial charge in [0.2, 0.25) is 5.91 Å². The normalized spacial score (nSPS) is 20.8. The molecule has 3 rings (SSSR count). The molecular weight excluding hydrogens is 588 g/mol. The predicted octanol–water partition coefficient (Wildman–Crippen LogP) is 4.70. The first-order valence-electron chi connectivity index (χ1n) is 14.8. The van der Waals surface area contributed by atoms with E-state index in [1.807, 2.05) is 34.6 Å². The van der Waals surface area contributed by atoms with Crippen molar-refractivity contribution in [2.75, 3.05) is 13.1 Å². The van der Waals surface area contributed by atoms with E-state index in [1.165, 1.54) is 17.1 Å². The lowest BCUT2D eigenvalue weighted by molar-refractivity contribution is -0.298.